The van der Waals surface area contributed by atoms with E-state index < -0.39 is 0 Å². The first-order valence-corrected chi connectivity index (χ1v) is 6.30. The minimum atomic E-state index is 0.391. The molecule has 1 atom stereocenters. The molecule has 0 radical (unpaired) electrons. The molecule has 0 spiro atoms. The zero-order valence-corrected chi connectivity index (χ0v) is 10.0. The van der Waals surface area contributed by atoms with Crippen LogP contribution in [0.15, 0.2) is 24.3 Å². The quantitative estimate of drug-likeness (QED) is 0.769. The molecule has 16 heavy (non-hydrogen) atoms. The van der Waals surface area contributed by atoms with E-state index >= 15 is 0 Å². The average molecular weight is 219 g/mol. The van der Waals surface area contributed by atoms with E-state index in [1.165, 1.54) is 30.4 Å². The third kappa shape index (κ3) is 2.83. The number of benzene rings is 1. The van der Waals surface area contributed by atoms with E-state index in [1.807, 2.05) is 0 Å². The number of hydrogen-bond donors (Lipinski definition) is 1. The van der Waals surface area contributed by atoms with E-state index in [-0.39, 0.29) is 0 Å². The van der Waals surface area contributed by atoms with Gasteiger partial charge in [0.1, 0.15) is 0 Å². The van der Waals surface area contributed by atoms with Crippen molar-refractivity contribution in [1.29, 1.82) is 0 Å². The summed E-state index contributed by atoms with van der Waals surface area (Å²) in [5.41, 5.74) is 2.76. The van der Waals surface area contributed by atoms with Gasteiger partial charge < -0.3 is 10.1 Å². The highest BCUT2D eigenvalue weighted by Crippen LogP contribution is 2.24. The Labute approximate surface area is 98.0 Å². The number of hydrogen-bond acceptors (Lipinski definition) is 2. The summed E-state index contributed by atoms with van der Waals surface area (Å²) < 4.78 is 5.60. The average Bonchev–Trinajstić information content (AvgIpc) is 2.35. The van der Waals surface area contributed by atoms with E-state index in [4.69, 9.17) is 4.74 Å². The first-order valence-electron chi connectivity index (χ1n) is 6.30. The van der Waals surface area contributed by atoms with Gasteiger partial charge in [-0.3, -0.25) is 0 Å². The van der Waals surface area contributed by atoms with Crippen molar-refractivity contribution in [2.75, 3.05) is 13.2 Å². The van der Waals surface area contributed by atoms with E-state index in [0.29, 0.717) is 6.04 Å². The van der Waals surface area contributed by atoms with Crippen molar-refractivity contribution in [3.05, 3.63) is 35.4 Å². The van der Waals surface area contributed by atoms with Gasteiger partial charge in [-0.15, -0.1) is 0 Å². The van der Waals surface area contributed by atoms with Crippen LogP contribution in [0.25, 0.3) is 0 Å². The Morgan fingerprint density at radius 3 is 3.06 bits per heavy atom. The van der Waals surface area contributed by atoms with E-state index in [1.54, 1.807) is 0 Å². The minimum absolute atomic E-state index is 0.391. The molecule has 1 aromatic carbocycles. The Hall–Kier alpha value is -0.860. The Balaban J connectivity index is 1.91. The van der Waals surface area contributed by atoms with Crippen molar-refractivity contribution in [3.8, 4) is 0 Å². The van der Waals surface area contributed by atoms with E-state index in [0.717, 1.165) is 19.8 Å². The SMILES string of the molecule is CCCCCNC1COCc2ccccc21. The maximum Gasteiger partial charge on any atom is 0.0721 e. The molecule has 0 amide bonds. The second-order valence-electron chi connectivity index (χ2n) is 4.43. The number of nitrogens with one attached hydrogen (secondary N) is 1. The van der Waals surface area contributed by atoms with Crippen LogP contribution >= 0.6 is 0 Å². The molecular formula is C14H21NO. The molecule has 2 rings (SSSR count). The van der Waals surface area contributed by atoms with Crippen molar-refractivity contribution in [1.82, 2.24) is 5.32 Å². The van der Waals surface area contributed by atoms with Gasteiger partial charge in [-0.05, 0) is 24.1 Å². The summed E-state index contributed by atoms with van der Waals surface area (Å²) in [6.07, 6.45) is 3.84. The van der Waals surface area contributed by atoms with Gasteiger partial charge in [0.25, 0.3) is 0 Å². The fraction of sp³-hybridized carbons (Fsp3) is 0.571. The summed E-state index contributed by atoms with van der Waals surface area (Å²) in [7, 11) is 0. The summed E-state index contributed by atoms with van der Waals surface area (Å²) in [6, 6.07) is 8.97. The highest BCUT2D eigenvalue weighted by atomic mass is 16.5. The molecule has 1 unspecified atom stereocenters. The van der Waals surface area contributed by atoms with Crippen molar-refractivity contribution in [2.24, 2.45) is 0 Å². The fourth-order valence-corrected chi connectivity index (χ4v) is 2.20. The molecule has 0 saturated heterocycles. The van der Waals surface area contributed by atoms with Gasteiger partial charge in [-0.1, -0.05) is 44.0 Å². The molecule has 0 saturated carbocycles. The predicted molar refractivity (Wildman–Crippen MR) is 66.4 cm³/mol. The smallest absolute Gasteiger partial charge is 0.0721 e. The monoisotopic (exact) mass is 219 g/mol. The number of unbranched alkanes of at least 4 members (excludes halogenated alkanes) is 2. The number of rotatable bonds is 5. The van der Waals surface area contributed by atoms with Crippen LogP contribution in [0.3, 0.4) is 0 Å². The van der Waals surface area contributed by atoms with Gasteiger partial charge in [0.05, 0.1) is 19.3 Å². The van der Waals surface area contributed by atoms with Crippen LogP contribution in [-0.4, -0.2) is 13.2 Å². The molecule has 0 fully saturated rings. The summed E-state index contributed by atoms with van der Waals surface area (Å²) in [5, 5.41) is 3.59. The third-order valence-corrected chi connectivity index (χ3v) is 3.14. The van der Waals surface area contributed by atoms with Crippen LogP contribution in [0.2, 0.25) is 0 Å². The lowest BCUT2D eigenvalue weighted by Gasteiger charge is -2.26. The summed E-state index contributed by atoms with van der Waals surface area (Å²) in [5.74, 6) is 0. The van der Waals surface area contributed by atoms with E-state index in [2.05, 4.69) is 36.5 Å². The molecule has 88 valence electrons. The van der Waals surface area contributed by atoms with Crippen molar-refractivity contribution < 1.29 is 4.74 Å². The summed E-state index contributed by atoms with van der Waals surface area (Å²) in [4.78, 5) is 0. The molecule has 1 N–H and O–H groups in total. The number of ether oxygens (including phenoxy) is 1. The van der Waals surface area contributed by atoms with Crippen LogP contribution < -0.4 is 5.32 Å². The lowest BCUT2D eigenvalue weighted by atomic mass is 9.99. The highest BCUT2D eigenvalue weighted by molar-refractivity contribution is 5.30. The lowest BCUT2D eigenvalue weighted by Crippen LogP contribution is -2.30. The van der Waals surface area contributed by atoms with Crippen LogP contribution in [0.1, 0.15) is 43.4 Å². The maximum absolute atomic E-state index is 5.60. The Kier molecular flexibility index (Phi) is 4.37. The molecule has 0 bridgehead atoms. The largest absolute Gasteiger partial charge is 0.375 e. The topological polar surface area (TPSA) is 21.3 Å². The van der Waals surface area contributed by atoms with Crippen molar-refractivity contribution in [3.63, 3.8) is 0 Å². The van der Waals surface area contributed by atoms with Crippen LogP contribution in [0, 0.1) is 0 Å². The fourth-order valence-electron chi connectivity index (χ4n) is 2.20. The lowest BCUT2D eigenvalue weighted by molar-refractivity contribution is 0.0821. The molecule has 1 aliphatic heterocycles. The first kappa shape index (κ1) is 11.6. The van der Waals surface area contributed by atoms with Crippen LogP contribution in [0.5, 0.6) is 0 Å². The maximum atomic E-state index is 5.60. The Morgan fingerprint density at radius 2 is 2.19 bits per heavy atom. The Morgan fingerprint density at radius 1 is 1.31 bits per heavy atom. The molecule has 0 aromatic heterocycles. The second-order valence-corrected chi connectivity index (χ2v) is 4.43. The first-order chi connectivity index (χ1) is 7.92. The van der Waals surface area contributed by atoms with Crippen LogP contribution in [0.4, 0.5) is 0 Å². The number of fused-ring (bicyclic) bond motifs is 1. The summed E-state index contributed by atoms with van der Waals surface area (Å²) in [6.45, 7) is 4.90. The molecule has 2 heteroatoms. The molecule has 2 nitrogen and oxygen atoms in total. The standard InChI is InChI=1S/C14H21NO/c1-2-3-6-9-15-14-11-16-10-12-7-4-5-8-13(12)14/h4-5,7-8,14-15H,2-3,6,9-11H2,1H3. The summed E-state index contributed by atoms with van der Waals surface area (Å²) >= 11 is 0. The third-order valence-electron chi connectivity index (χ3n) is 3.14. The predicted octanol–water partition coefficient (Wildman–Crippen LogP) is 3.04. The molecule has 1 aromatic rings. The molecule has 1 heterocycles. The normalized spacial score (nSPS) is 19.4. The second kappa shape index (κ2) is 6.02. The van der Waals surface area contributed by atoms with Gasteiger partial charge in [0.15, 0.2) is 0 Å². The Bertz CT molecular complexity index is 324. The van der Waals surface area contributed by atoms with Gasteiger partial charge in [0.2, 0.25) is 0 Å². The zero-order valence-electron chi connectivity index (χ0n) is 10.0. The van der Waals surface area contributed by atoms with Crippen LogP contribution in [-0.2, 0) is 11.3 Å². The van der Waals surface area contributed by atoms with Gasteiger partial charge in [0, 0.05) is 0 Å². The molecule has 0 aliphatic carbocycles. The van der Waals surface area contributed by atoms with Crippen molar-refractivity contribution in [2.45, 2.75) is 38.8 Å². The van der Waals surface area contributed by atoms with Crippen molar-refractivity contribution >= 4 is 0 Å². The van der Waals surface area contributed by atoms with Gasteiger partial charge in [-0.25, -0.2) is 0 Å². The van der Waals surface area contributed by atoms with E-state index in [9.17, 15) is 0 Å². The zero-order chi connectivity index (χ0) is 11.2. The molecular weight excluding hydrogens is 198 g/mol. The molecule has 1 aliphatic rings. The van der Waals surface area contributed by atoms with Gasteiger partial charge in [-0.2, -0.15) is 0 Å². The van der Waals surface area contributed by atoms with Gasteiger partial charge >= 0.3 is 0 Å². The highest BCUT2D eigenvalue weighted by Gasteiger charge is 2.18. The minimum Gasteiger partial charge on any atom is -0.375 e.